The molecule has 9 heteroatoms. The van der Waals surface area contributed by atoms with Crippen molar-refractivity contribution in [2.45, 2.75) is 39.3 Å². The summed E-state index contributed by atoms with van der Waals surface area (Å²) in [6.45, 7) is 6.71. The van der Waals surface area contributed by atoms with Crippen molar-refractivity contribution in [3.8, 4) is 5.13 Å². The zero-order chi connectivity index (χ0) is 25.2. The molecule has 2 unspecified atom stereocenters. The number of pyridine rings is 1. The minimum atomic E-state index is -0.135. The summed E-state index contributed by atoms with van der Waals surface area (Å²) in [4.78, 5) is 24.1. The third-order valence-corrected chi connectivity index (χ3v) is 7.62. The maximum atomic E-state index is 12.8. The van der Waals surface area contributed by atoms with E-state index in [1.807, 2.05) is 61.0 Å². The van der Waals surface area contributed by atoms with Crippen LogP contribution in [0, 0.1) is 20.8 Å². The quantitative estimate of drug-likeness (QED) is 0.327. The van der Waals surface area contributed by atoms with Crippen molar-refractivity contribution in [3.63, 3.8) is 0 Å². The van der Waals surface area contributed by atoms with Crippen molar-refractivity contribution in [3.05, 3.63) is 94.5 Å². The molecule has 0 aliphatic carbocycles. The van der Waals surface area contributed by atoms with E-state index in [2.05, 4.69) is 50.0 Å². The highest BCUT2D eigenvalue weighted by Gasteiger charge is 2.41. The third kappa shape index (κ3) is 4.76. The summed E-state index contributed by atoms with van der Waals surface area (Å²) >= 11 is 7.40. The van der Waals surface area contributed by atoms with Crippen LogP contribution in [0.25, 0.3) is 5.13 Å². The Bertz CT molecular complexity index is 1370. The van der Waals surface area contributed by atoms with Crippen LogP contribution in [0.5, 0.6) is 0 Å². The van der Waals surface area contributed by atoms with E-state index in [1.165, 1.54) is 0 Å². The first-order valence-electron chi connectivity index (χ1n) is 11.9. The molecular weight excluding hydrogens is 488 g/mol. The van der Waals surface area contributed by atoms with E-state index in [1.54, 1.807) is 17.5 Å². The molecule has 1 amide bonds. The molecule has 1 aliphatic rings. The topological polar surface area (TPSA) is 75.1 Å². The first kappa shape index (κ1) is 24.1. The SMILES string of the molecule is Cc1ccc(NC(=O)CCN2C(=S)NC(c3ccccn3)C2c2cc(C)n(-c3nccs3)c2C)cc1. The number of nitrogens with zero attached hydrogens (tertiary/aromatic N) is 4. The normalized spacial score (nSPS) is 17.3. The van der Waals surface area contributed by atoms with Gasteiger partial charge in [0.05, 0.1) is 17.8 Å². The van der Waals surface area contributed by atoms with Gasteiger partial charge < -0.3 is 15.5 Å². The predicted molar refractivity (Wildman–Crippen MR) is 147 cm³/mol. The number of carbonyl (C=O) groups is 1. The summed E-state index contributed by atoms with van der Waals surface area (Å²) in [7, 11) is 0. The molecule has 4 heterocycles. The monoisotopic (exact) mass is 516 g/mol. The molecule has 3 aromatic heterocycles. The van der Waals surface area contributed by atoms with Gasteiger partial charge in [-0.3, -0.25) is 14.3 Å². The molecule has 36 heavy (non-hydrogen) atoms. The summed E-state index contributed by atoms with van der Waals surface area (Å²) in [5.41, 5.74) is 6.21. The van der Waals surface area contributed by atoms with Gasteiger partial charge in [0.15, 0.2) is 10.2 Å². The molecule has 1 aromatic carbocycles. The molecule has 0 radical (unpaired) electrons. The lowest BCUT2D eigenvalue weighted by Crippen LogP contribution is -2.32. The lowest BCUT2D eigenvalue weighted by molar-refractivity contribution is -0.116. The summed E-state index contributed by atoms with van der Waals surface area (Å²) in [5.74, 6) is -0.0463. The minimum absolute atomic E-state index is 0.0463. The van der Waals surface area contributed by atoms with Crippen LogP contribution in [-0.4, -0.2) is 37.0 Å². The van der Waals surface area contributed by atoms with Crippen molar-refractivity contribution in [1.82, 2.24) is 24.8 Å². The van der Waals surface area contributed by atoms with Gasteiger partial charge in [-0.15, -0.1) is 11.3 Å². The Morgan fingerprint density at radius 2 is 1.92 bits per heavy atom. The fourth-order valence-corrected chi connectivity index (χ4v) is 5.86. The Hall–Kier alpha value is -3.56. The van der Waals surface area contributed by atoms with Gasteiger partial charge >= 0.3 is 0 Å². The number of nitrogens with one attached hydrogen (secondary N) is 2. The molecular formula is C27H28N6OS2. The maximum Gasteiger partial charge on any atom is 0.226 e. The van der Waals surface area contributed by atoms with E-state index in [0.717, 1.165) is 39.0 Å². The maximum absolute atomic E-state index is 12.8. The molecule has 5 rings (SSSR count). The summed E-state index contributed by atoms with van der Waals surface area (Å²) in [6, 6.07) is 15.7. The van der Waals surface area contributed by atoms with Crippen LogP contribution >= 0.6 is 23.6 Å². The average molecular weight is 517 g/mol. The van der Waals surface area contributed by atoms with Crippen LogP contribution < -0.4 is 10.6 Å². The van der Waals surface area contributed by atoms with Crippen molar-refractivity contribution in [2.24, 2.45) is 0 Å². The van der Waals surface area contributed by atoms with Crippen LogP contribution in [-0.2, 0) is 4.79 Å². The third-order valence-electron chi connectivity index (χ3n) is 6.51. The van der Waals surface area contributed by atoms with Crippen LogP contribution in [0.4, 0.5) is 5.69 Å². The highest BCUT2D eigenvalue weighted by atomic mass is 32.1. The van der Waals surface area contributed by atoms with Gasteiger partial charge in [-0.1, -0.05) is 23.8 Å². The molecule has 1 fully saturated rings. The number of thiazole rings is 1. The Morgan fingerprint density at radius 3 is 2.61 bits per heavy atom. The standard InChI is InChI=1S/C27H28N6OS2/c1-17-7-9-20(10-8-17)30-23(34)11-14-32-25(24(31-26(32)35)22-6-4-5-12-28-22)21-16-18(2)33(19(21)3)27-29-13-15-36-27/h4-10,12-13,15-16,24-25H,11,14H2,1-3H3,(H,30,34)(H,31,35). The van der Waals surface area contributed by atoms with Crippen molar-refractivity contribution in [2.75, 3.05) is 11.9 Å². The lowest BCUT2D eigenvalue weighted by Gasteiger charge is -2.28. The van der Waals surface area contributed by atoms with Gasteiger partial charge in [0, 0.05) is 47.8 Å². The molecule has 4 aromatic rings. The summed E-state index contributed by atoms with van der Waals surface area (Å²) < 4.78 is 2.18. The van der Waals surface area contributed by atoms with Gasteiger partial charge in [-0.05, 0) is 68.9 Å². The van der Waals surface area contributed by atoms with E-state index in [-0.39, 0.29) is 18.0 Å². The minimum Gasteiger partial charge on any atom is -0.352 e. The second-order valence-corrected chi connectivity index (χ2v) is 10.2. The largest absolute Gasteiger partial charge is 0.352 e. The van der Waals surface area contributed by atoms with Crippen LogP contribution in [0.15, 0.2) is 66.3 Å². The number of aryl methyl sites for hydroxylation is 2. The first-order chi connectivity index (χ1) is 17.4. The number of anilines is 1. The van der Waals surface area contributed by atoms with Gasteiger partial charge in [-0.2, -0.15) is 0 Å². The fraction of sp³-hybridized carbons (Fsp3) is 0.259. The lowest BCUT2D eigenvalue weighted by atomic mass is 9.96. The van der Waals surface area contributed by atoms with Crippen molar-refractivity contribution < 1.29 is 4.79 Å². The number of amides is 1. The molecule has 0 spiro atoms. The molecule has 1 saturated heterocycles. The smallest absolute Gasteiger partial charge is 0.226 e. The molecule has 7 nitrogen and oxygen atoms in total. The Morgan fingerprint density at radius 1 is 1.11 bits per heavy atom. The summed E-state index contributed by atoms with van der Waals surface area (Å²) in [5, 5.41) is 10.0. The number of hydrogen-bond acceptors (Lipinski definition) is 5. The summed E-state index contributed by atoms with van der Waals surface area (Å²) in [6.07, 6.45) is 3.93. The molecule has 2 atom stereocenters. The van der Waals surface area contributed by atoms with Gasteiger partial charge in [-0.25, -0.2) is 4.98 Å². The van der Waals surface area contributed by atoms with E-state index < -0.39 is 0 Å². The number of aromatic nitrogens is 3. The highest BCUT2D eigenvalue weighted by molar-refractivity contribution is 7.80. The predicted octanol–water partition coefficient (Wildman–Crippen LogP) is 5.26. The first-order valence-corrected chi connectivity index (χ1v) is 13.1. The van der Waals surface area contributed by atoms with Gasteiger partial charge in [0.1, 0.15) is 0 Å². The van der Waals surface area contributed by atoms with E-state index in [9.17, 15) is 4.79 Å². The zero-order valence-electron chi connectivity index (χ0n) is 20.4. The van der Waals surface area contributed by atoms with Gasteiger partial charge in [0.2, 0.25) is 5.91 Å². The molecule has 2 N–H and O–H groups in total. The van der Waals surface area contributed by atoms with Crippen LogP contribution in [0.3, 0.4) is 0 Å². The molecule has 184 valence electrons. The Balaban J connectivity index is 1.44. The van der Waals surface area contributed by atoms with E-state index >= 15 is 0 Å². The second kappa shape index (κ2) is 10.2. The number of carbonyl (C=O) groups excluding carboxylic acids is 1. The molecule has 0 bridgehead atoms. The van der Waals surface area contributed by atoms with Crippen LogP contribution in [0.1, 0.15) is 46.7 Å². The van der Waals surface area contributed by atoms with Crippen LogP contribution in [0.2, 0.25) is 0 Å². The van der Waals surface area contributed by atoms with E-state index in [4.69, 9.17) is 12.2 Å². The number of hydrogen-bond donors (Lipinski definition) is 2. The second-order valence-electron chi connectivity index (χ2n) is 8.96. The number of thiocarbonyl (C=S) groups is 1. The number of benzene rings is 1. The number of rotatable bonds is 7. The Kier molecular flexibility index (Phi) is 6.84. The van der Waals surface area contributed by atoms with Gasteiger partial charge in [0.25, 0.3) is 0 Å². The van der Waals surface area contributed by atoms with Crippen molar-refractivity contribution in [1.29, 1.82) is 0 Å². The molecule has 0 saturated carbocycles. The molecule has 1 aliphatic heterocycles. The average Bonchev–Trinajstić information content (AvgIpc) is 3.58. The Labute approximate surface area is 220 Å². The fourth-order valence-electron chi connectivity index (χ4n) is 4.77. The zero-order valence-corrected chi connectivity index (χ0v) is 22.1. The van der Waals surface area contributed by atoms with Crippen molar-refractivity contribution >= 4 is 40.3 Å². The van der Waals surface area contributed by atoms with E-state index in [0.29, 0.717) is 18.1 Å². The highest BCUT2D eigenvalue weighted by Crippen LogP contribution is 2.41.